The minimum atomic E-state index is -0.934. The average Bonchev–Trinajstić information content (AvgIpc) is 2.69. The van der Waals surface area contributed by atoms with Crippen molar-refractivity contribution in [3.63, 3.8) is 0 Å². The van der Waals surface area contributed by atoms with Gasteiger partial charge in [0.25, 0.3) is 0 Å². The number of aliphatic carboxylic acids is 1. The van der Waals surface area contributed by atoms with Gasteiger partial charge in [0.05, 0.1) is 5.56 Å². The molecule has 0 amide bonds. The van der Waals surface area contributed by atoms with Gasteiger partial charge in [-0.15, -0.1) is 11.6 Å². The highest BCUT2D eigenvalue weighted by molar-refractivity contribution is 6.17. The van der Waals surface area contributed by atoms with Crippen molar-refractivity contribution in [3.8, 4) is 0 Å². The molecule has 0 fully saturated rings. The van der Waals surface area contributed by atoms with Gasteiger partial charge in [0.2, 0.25) is 0 Å². The number of halogens is 1. The summed E-state index contributed by atoms with van der Waals surface area (Å²) in [4.78, 5) is 21.7. The number of unbranched alkanes of at least 4 members (excludes halogenated alkanes) is 1. The first-order valence-corrected chi connectivity index (χ1v) is 9.88. The molecule has 2 rings (SSSR count). The maximum absolute atomic E-state index is 11.0. The van der Waals surface area contributed by atoms with Crippen molar-refractivity contribution in [1.29, 1.82) is 0 Å². The number of aromatic carboxylic acids is 1. The molecule has 0 radical (unpaired) electrons. The van der Waals surface area contributed by atoms with Gasteiger partial charge in [0.1, 0.15) is 0 Å². The lowest BCUT2D eigenvalue weighted by atomic mass is 9.92. The molecule has 2 aromatic carbocycles. The molecule has 5 heteroatoms. The molecule has 0 aliphatic rings. The van der Waals surface area contributed by atoms with Crippen LogP contribution in [0.4, 0.5) is 0 Å². The lowest BCUT2D eigenvalue weighted by molar-refractivity contribution is -0.137. The van der Waals surface area contributed by atoms with Gasteiger partial charge in [-0.05, 0) is 54.0 Å². The fourth-order valence-electron chi connectivity index (χ4n) is 3.06. The molecule has 0 bridgehead atoms. The van der Waals surface area contributed by atoms with E-state index in [0.29, 0.717) is 12.3 Å². The summed E-state index contributed by atoms with van der Waals surface area (Å²) in [5.74, 6) is -0.995. The summed E-state index contributed by atoms with van der Waals surface area (Å²) in [7, 11) is 0. The molecular weight excluding hydrogens is 376 g/mol. The SMILES string of the molecule is O=C(O)CCCCC(C=Cc1cccc(CCl)c1)Cc1ccc(C(=O)O)cc1. The second-order valence-electron chi connectivity index (χ2n) is 6.84. The zero-order chi connectivity index (χ0) is 20.4. The van der Waals surface area contributed by atoms with E-state index >= 15 is 0 Å². The third kappa shape index (κ3) is 7.57. The molecule has 0 aromatic heterocycles. The van der Waals surface area contributed by atoms with Crippen LogP contribution >= 0.6 is 11.6 Å². The summed E-state index contributed by atoms with van der Waals surface area (Å²) in [6.45, 7) is 0. The van der Waals surface area contributed by atoms with Gasteiger partial charge in [0.15, 0.2) is 0 Å². The number of carboxylic acids is 2. The second kappa shape index (κ2) is 11.3. The van der Waals surface area contributed by atoms with Gasteiger partial charge < -0.3 is 10.2 Å². The molecule has 0 aliphatic carbocycles. The maximum Gasteiger partial charge on any atom is 0.335 e. The normalized spacial score (nSPS) is 12.2. The van der Waals surface area contributed by atoms with Crippen molar-refractivity contribution in [1.82, 2.24) is 0 Å². The molecule has 2 aromatic rings. The summed E-state index contributed by atoms with van der Waals surface area (Å²) >= 11 is 5.90. The lowest BCUT2D eigenvalue weighted by Gasteiger charge is -2.13. The van der Waals surface area contributed by atoms with Gasteiger partial charge in [0, 0.05) is 12.3 Å². The molecule has 4 nitrogen and oxygen atoms in total. The molecule has 0 saturated carbocycles. The highest BCUT2D eigenvalue weighted by Crippen LogP contribution is 2.20. The van der Waals surface area contributed by atoms with Crippen LogP contribution < -0.4 is 0 Å². The number of carbonyl (C=O) groups is 2. The van der Waals surface area contributed by atoms with Crippen molar-refractivity contribution >= 4 is 29.6 Å². The van der Waals surface area contributed by atoms with E-state index in [4.69, 9.17) is 21.8 Å². The number of allylic oxidation sites excluding steroid dienone is 1. The summed E-state index contributed by atoms with van der Waals surface area (Å²) in [6.07, 6.45) is 7.54. The minimum absolute atomic E-state index is 0.182. The van der Waals surface area contributed by atoms with Crippen LogP contribution in [0.25, 0.3) is 6.08 Å². The molecule has 2 N–H and O–H groups in total. The Morgan fingerprint density at radius 1 is 1.00 bits per heavy atom. The van der Waals surface area contributed by atoms with Crippen LogP contribution in [0.15, 0.2) is 54.6 Å². The average molecular weight is 401 g/mol. The maximum atomic E-state index is 11.0. The molecule has 1 atom stereocenters. The van der Waals surface area contributed by atoms with E-state index < -0.39 is 11.9 Å². The van der Waals surface area contributed by atoms with E-state index in [0.717, 1.165) is 36.0 Å². The first-order chi connectivity index (χ1) is 13.5. The standard InChI is InChI=1S/C23H25ClO4/c24-16-20-6-3-5-18(15-20)9-8-17(4-1-2-7-22(25)26)14-19-10-12-21(13-11-19)23(27)28/h3,5-6,8-13,15,17H,1-2,4,7,14,16H2,(H,25,26)(H,27,28). The van der Waals surface area contributed by atoms with Gasteiger partial charge >= 0.3 is 11.9 Å². The van der Waals surface area contributed by atoms with Crippen molar-refractivity contribution in [3.05, 3.63) is 76.9 Å². The van der Waals surface area contributed by atoms with Gasteiger partial charge in [-0.2, -0.15) is 0 Å². The third-order valence-electron chi connectivity index (χ3n) is 4.58. The number of carboxylic acid groups (broad SMARTS) is 2. The first-order valence-electron chi connectivity index (χ1n) is 9.35. The Bertz CT molecular complexity index is 812. The topological polar surface area (TPSA) is 74.6 Å². The quantitative estimate of drug-likeness (QED) is 0.378. The highest BCUT2D eigenvalue weighted by atomic mass is 35.5. The minimum Gasteiger partial charge on any atom is -0.481 e. The number of hydrogen-bond acceptors (Lipinski definition) is 2. The molecule has 0 aliphatic heterocycles. The van der Waals surface area contributed by atoms with Crippen LogP contribution in [0, 0.1) is 5.92 Å². The molecule has 0 saturated heterocycles. The first kappa shape index (κ1) is 21.7. The van der Waals surface area contributed by atoms with Crippen molar-refractivity contribution in [2.45, 2.75) is 38.0 Å². The predicted octanol–water partition coefficient (Wildman–Crippen LogP) is 5.64. The monoisotopic (exact) mass is 400 g/mol. The Labute approximate surface area is 170 Å². The molecule has 0 heterocycles. The summed E-state index contributed by atoms with van der Waals surface area (Å²) < 4.78 is 0. The zero-order valence-corrected chi connectivity index (χ0v) is 16.4. The van der Waals surface area contributed by atoms with Gasteiger partial charge in [-0.25, -0.2) is 4.79 Å². The van der Waals surface area contributed by atoms with Crippen LogP contribution in [0.2, 0.25) is 0 Å². The van der Waals surface area contributed by atoms with Crippen LogP contribution in [0.3, 0.4) is 0 Å². The number of hydrogen-bond donors (Lipinski definition) is 2. The van der Waals surface area contributed by atoms with Crippen molar-refractivity contribution in [2.24, 2.45) is 5.92 Å². The molecule has 1 unspecified atom stereocenters. The Balaban J connectivity index is 2.07. The van der Waals surface area contributed by atoms with Crippen LogP contribution in [-0.4, -0.2) is 22.2 Å². The number of rotatable bonds is 11. The number of benzene rings is 2. The number of alkyl halides is 1. The fraction of sp³-hybridized carbons (Fsp3) is 0.304. The zero-order valence-electron chi connectivity index (χ0n) is 15.7. The van der Waals surface area contributed by atoms with E-state index in [9.17, 15) is 9.59 Å². The third-order valence-corrected chi connectivity index (χ3v) is 4.89. The summed E-state index contributed by atoms with van der Waals surface area (Å²) in [5.41, 5.74) is 3.48. The Hall–Kier alpha value is -2.59. The molecule has 28 heavy (non-hydrogen) atoms. The Kier molecular flexibility index (Phi) is 8.76. The highest BCUT2D eigenvalue weighted by Gasteiger charge is 2.09. The molecule has 0 spiro atoms. The predicted molar refractivity (Wildman–Crippen MR) is 112 cm³/mol. The van der Waals surface area contributed by atoms with E-state index in [1.807, 2.05) is 36.4 Å². The van der Waals surface area contributed by atoms with E-state index in [2.05, 4.69) is 12.2 Å². The smallest absolute Gasteiger partial charge is 0.335 e. The van der Waals surface area contributed by atoms with Crippen LogP contribution in [-0.2, 0) is 17.1 Å². The van der Waals surface area contributed by atoms with Gasteiger partial charge in [-0.3, -0.25) is 4.79 Å². The second-order valence-corrected chi connectivity index (χ2v) is 7.11. The molecular formula is C23H25ClO4. The molecule has 148 valence electrons. The van der Waals surface area contributed by atoms with Crippen LogP contribution in [0.5, 0.6) is 0 Å². The van der Waals surface area contributed by atoms with Gasteiger partial charge in [-0.1, -0.05) is 55.0 Å². The lowest BCUT2D eigenvalue weighted by Crippen LogP contribution is -2.04. The Morgan fingerprint density at radius 3 is 2.39 bits per heavy atom. The Morgan fingerprint density at radius 2 is 1.75 bits per heavy atom. The van der Waals surface area contributed by atoms with Crippen molar-refractivity contribution in [2.75, 3.05) is 0 Å². The van der Waals surface area contributed by atoms with E-state index in [1.54, 1.807) is 12.1 Å². The summed E-state index contributed by atoms with van der Waals surface area (Å²) in [5, 5.41) is 17.8. The van der Waals surface area contributed by atoms with E-state index in [1.165, 1.54) is 0 Å². The van der Waals surface area contributed by atoms with E-state index in [-0.39, 0.29) is 17.9 Å². The van der Waals surface area contributed by atoms with Crippen molar-refractivity contribution < 1.29 is 19.8 Å². The largest absolute Gasteiger partial charge is 0.481 e. The fourth-order valence-corrected chi connectivity index (χ4v) is 3.23. The summed E-state index contributed by atoms with van der Waals surface area (Å²) in [6, 6.07) is 15.0. The van der Waals surface area contributed by atoms with Crippen LogP contribution in [0.1, 0.15) is 52.7 Å².